The van der Waals surface area contributed by atoms with Gasteiger partial charge in [-0.2, -0.15) is 0 Å². The van der Waals surface area contributed by atoms with E-state index in [4.69, 9.17) is 10.5 Å². The summed E-state index contributed by atoms with van der Waals surface area (Å²) in [5, 5.41) is 0. The van der Waals surface area contributed by atoms with Crippen LogP contribution in [0.25, 0.3) is 0 Å². The maximum Gasteiger partial charge on any atom is 0.330 e. The zero-order chi connectivity index (χ0) is 17.4. The summed E-state index contributed by atoms with van der Waals surface area (Å²) in [7, 11) is 0. The molecule has 2 aromatic rings. The number of rotatable bonds is 5. The number of carbonyl (C=O) groups excluding carboxylic acids is 1. The monoisotopic (exact) mass is 457 g/mol. The summed E-state index contributed by atoms with van der Waals surface area (Å²) in [5.41, 5.74) is 4.27. The van der Waals surface area contributed by atoms with Gasteiger partial charge in [0, 0.05) is 10.5 Å². The topological polar surface area (TPSA) is 107 Å². The number of halogens is 2. The van der Waals surface area contributed by atoms with Crippen molar-refractivity contribution in [3.8, 4) is 5.75 Å². The number of aromatic amines is 1. The predicted molar refractivity (Wildman–Crippen MR) is 95.7 cm³/mol. The van der Waals surface area contributed by atoms with Crippen molar-refractivity contribution in [2.45, 2.75) is 18.9 Å². The highest BCUT2D eigenvalue weighted by atomic mass is 79.9. The largest absolute Gasteiger partial charge is 0.484 e. The Morgan fingerprint density at radius 1 is 1.33 bits per heavy atom. The predicted octanol–water partition coefficient (Wildman–Crippen LogP) is 2.24. The molecule has 1 aromatic heterocycles. The molecule has 0 radical (unpaired) electrons. The minimum atomic E-state index is -0.794. The number of Topliss-reactive ketones (excluding diaryl/α,β-unsaturated/α-hetero) is 1. The summed E-state index contributed by atoms with van der Waals surface area (Å²) in [6.45, 7) is -0.365. The molecular weight excluding hydrogens is 446 g/mol. The molecule has 0 saturated heterocycles. The molecule has 9 heteroatoms. The average molecular weight is 459 g/mol. The van der Waals surface area contributed by atoms with E-state index in [-0.39, 0.29) is 24.0 Å². The Morgan fingerprint density at radius 2 is 2.04 bits per heavy atom. The Hall–Kier alpha value is -1.87. The normalized spacial score (nSPS) is 13.8. The number of anilines is 1. The zero-order valence-electron chi connectivity index (χ0n) is 12.3. The molecule has 0 unspecified atom stereocenters. The van der Waals surface area contributed by atoms with Crippen LogP contribution in [0, 0.1) is 0 Å². The van der Waals surface area contributed by atoms with E-state index in [0.29, 0.717) is 10.2 Å². The Kier molecular flexibility index (Phi) is 4.64. The fraction of sp³-hybridized carbons (Fsp3) is 0.267. The number of nitrogen functional groups attached to an aromatic ring is 1. The van der Waals surface area contributed by atoms with Gasteiger partial charge in [-0.3, -0.25) is 19.1 Å². The van der Waals surface area contributed by atoms with Crippen LogP contribution in [0.2, 0.25) is 0 Å². The molecule has 7 nitrogen and oxygen atoms in total. The quantitative estimate of drug-likeness (QED) is 0.668. The van der Waals surface area contributed by atoms with E-state index in [1.165, 1.54) is 4.57 Å². The van der Waals surface area contributed by atoms with Crippen molar-refractivity contribution in [3.05, 3.63) is 53.5 Å². The number of carbonyl (C=O) groups is 1. The number of nitrogens with one attached hydrogen (secondary N) is 1. The van der Waals surface area contributed by atoms with E-state index in [0.717, 1.165) is 17.3 Å². The number of hydrogen-bond acceptors (Lipinski definition) is 5. The number of ketones is 1. The lowest BCUT2D eigenvalue weighted by Crippen LogP contribution is -2.36. The van der Waals surface area contributed by atoms with Crippen LogP contribution < -0.4 is 21.7 Å². The Morgan fingerprint density at radius 3 is 2.67 bits per heavy atom. The summed E-state index contributed by atoms with van der Waals surface area (Å²) in [4.78, 5) is 38.4. The molecule has 24 heavy (non-hydrogen) atoms. The molecule has 3 rings (SSSR count). The molecule has 1 aromatic carbocycles. The first kappa shape index (κ1) is 17.0. The fourth-order valence-corrected chi connectivity index (χ4v) is 3.50. The van der Waals surface area contributed by atoms with E-state index in [2.05, 4.69) is 36.8 Å². The van der Waals surface area contributed by atoms with Crippen LogP contribution in [0.1, 0.15) is 29.2 Å². The average Bonchev–Trinajstić information content (AvgIpc) is 3.30. The molecule has 0 atom stereocenters. The van der Waals surface area contributed by atoms with Crippen LogP contribution in [-0.4, -0.2) is 21.9 Å². The van der Waals surface area contributed by atoms with E-state index < -0.39 is 17.0 Å². The SMILES string of the molecule is Nc1c(C(=O)COc2ccc(Br)cc2Br)c(=O)[nH]c(=O)n1C1CC1. The van der Waals surface area contributed by atoms with Gasteiger partial charge in [-0.25, -0.2) is 4.79 Å². The van der Waals surface area contributed by atoms with Crippen LogP contribution >= 0.6 is 31.9 Å². The molecule has 126 valence electrons. The summed E-state index contributed by atoms with van der Waals surface area (Å²) < 4.78 is 8.23. The Balaban J connectivity index is 1.86. The minimum Gasteiger partial charge on any atom is -0.484 e. The molecule has 1 aliphatic carbocycles. The fourth-order valence-electron chi connectivity index (χ4n) is 2.34. The van der Waals surface area contributed by atoms with Gasteiger partial charge in [0.25, 0.3) is 5.56 Å². The van der Waals surface area contributed by atoms with E-state index in [1.807, 2.05) is 0 Å². The minimum absolute atomic E-state index is 0.0533. The van der Waals surface area contributed by atoms with Crippen molar-refractivity contribution in [3.63, 3.8) is 0 Å². The third-order valence-corrected chi connectivity index (χ3v) is 4.74. The first-order valence-electron chi connectivity index (χ1n) is 7.14. The molecule has 1 fully saturated rings. The van der Waals surface area contributed by atoms with Crippen molar-refractivity contribution in [2.75, 3.05) is 12.3 Å². The van der Waals surface area contributed by atoms with Gasteiger partial charge in [-0.1, -0.05) is 15.9 Å². The van der Waals surface area contributed by atoms with Crippen molar-refractivity contribution < 1.29 is 9.53 Å². The lowest BCUT2D eigenvalue weighted by atomic mass is 10.2. The van der Waals surface area contributed by atoms with Crippen LogP contribution in [0.4, 0.5) is 5.82 Å². The summed E-state index contributed by atoms with van der Waals surface area (Å²) in [5.74, 6) is -0.232. The van der Waals surface area contributed by atoms with Crippen molar-refractivity contribution in [2.24, 2.45) is 0 Å². The smallest absolute Gasteiger partial charge is 0.330 e. The molecule has 3 N–H and O–H groups in total. The van der Waals surface area contributed by atoms with Crippen LogP contribution in [0.15, 0.2) is 36.7 Å². The number of aromatic nitrogens is 2. The van der Waals surface area contributed by atoms with E-state index in [1.54, 1.807) is 18.2 Å². The molecule has 0 bridgehead atoms. The van der Waals surface area contributed by atoms with Crippen molar-refractivity contribution >= 4 is 43.5 Å². The third kappa shape index (κ3) is 3.32. The summed E-state index contributed by atoms with van der Waals surface area (Å²) in [6, 6.07) is 5.16. The number of benzene rings is 1. The Labute approximate surface area is 153 Å². The second-order valence-corrected chi connectivity index (χ2v) is 7.18. The first-order chi connectivity index (χ1) is 11.4. The lowest BCUT2D eigenvalue weighted by molar-refractivity contribution is 0.0919. The lowest BCUT2D eigenvalue weighted by Gasteiger charge is -2.12. The highest BCUT2D eigenvalue weighted by Gasteiger charge is 2.30. The molecular formula is C15H13Br2N3O4. The zero-order valence-corrected chi connectivity index (χ0v) is 15.5. The maximum absolute atomic E-state index is 12.4. The van der Waals surface area contributed by atoms with E-state index in [9.17, 15) is 14.4 Å². The van der Waals surface area contributed by atoms with Gasteiger partial charge in [0.2, 0.25) is 5.78 Å². The number of ether oxygens (including phenoxy) is 1. The number of nitrogens with zero attached hydrogens (tertiary/aromatic N) is 1. The highest BCUT2D eigenvalue weighted by Crippen LogP contribution is 2.35. The number of hydrogen-bond donors (Lipinski definition) is 2. The van der Waals surface area contributed by atoms with Crippen LogP contribution in [0.5, 0.6) is 5.75 Å². The summed E-state index contributed by atoms with van der Waals surface area (Å²) in [6.07, 6.45) is 1.60. The first-order valence-corrected chi connectivity index (χ1v) is 8.72. The molecule has 1 heterocycles. The second-order valence-electron chi connectivity index (χ2n) is 5.41. The molecule has 0 spiro atoms. The van der Waals surface area contributed by atoms with Gasteiger partial charge in [-0.15, -0.1) is 0 Å². The second kappa shape index (κ2) is 6.56. The van der Waals surface area contributed by atoms with Gasteiger partial charge >= 0.3 is 5.69 Å². The van der Waals surface area contributed by atoms with Crippen LogP contribution in [-0.2, 0) is 0 Å². The number of nitrogens with two attached hydrogens (primary N) is 1. The van der Waals surface area contributed by atoms with Crippen LogP contribution in [0.3, 0.4) is 0 Å². The van der Waals surface area contributed by atoms with Gasteiger partial charge in [0.15, 0.2) is 6.61 Å². The van der Waals surface area contributed by atoms with Gasteiger partial charge in [-0.05, 0) is 47.0 Å². The maximum atomic E-state index is 12.4. The number of H-pyrrole nitrogens is 1. The molecule has 1 saturated carbocycles. The van der Waals surface area contributed by atoms with E-state index >= 15 is 0 Å². The Bertz CT molecular complexity index is 931. The van der Waals surface area contributed by atoms with Crippen molar-refractivity contribution in [1.82, 2.24) is 9.55 Å². The molecule has 0 amide bonds. The standard InChI is InChI=1S/C15H13Br2N3O4/c16-7-1-4-11(9(17)5-7)24-6-10(21)12-13(18)20(8-2-3-8)15(23)19-14(12)22/h1,4-5,8H,2-3,6,18H2,(H,19,22,23). The summed E-state index contributed by atoms with van der Waals surface area (Å²) >= 11 is 6.65. The molecule has 1 aliphatic rings. The third-order valence-electron chi connectivity index (χ3n) is 3.63. The molecule has 0 aliphatic heterocycles. The van der Waals surface area contributed by atoms with Gasteiger partial charge < -0.3 is 10.5 Å². The van der Waals surface area contributed by atoms with Gasteiger partial charge in [0.1, 0.15) is 17.1 Å². The van der Waals surface area contributed by atoms with Gasteiger partial charge in [0.05, 0.1) is 4.47 Å². The highest BCUT2D eigenvalue weighted by molar-refractivity contribution is 9.11. The van der Waals surface area contributed by atoms with Crippen molar-refractivity contribution in [1.29, 1.82) is 0 Å².